The monoisotopic (exact) mass is 327 g/mol. The van der Waals surface area contributed by atoms with E-state index in [0.717, 1.165) is 21.7 Å². The Hall–Kier alpha value is -3.58. The second kappa shape index (κ2) is 5.81. The van der Waals surface area contributed by atoms with Crippen LogP contribution in [0.1, 0.15) is 21.7 Å². The molecule has 0 N–H and O–H groups in total. The molecule has 0 unspecified atom stereocenters. The average molecular weight is 327 g/mol. The third-order valence-corrected chi connectivity index (χ3v) is 4.21. The molecule has 0 aliphatic carbocycles. The fourth-order valence-corrected chi connectivity index (χ4v) is 2.89. The van der Waals surface area contributed by atoms with Crippen molar-refractivity contribution >= 4 is 27.7 Å². The predicted molar refractivity (Wildman–Crippen MR) is 94.6 cm³/mol. The molecule has 4 nitrogen and oxygen atoms in total. The molecule has 25 heavy (non-hydrogen) atoms. The first-order chi connectivity index (χ1) is 12.2. The van der Waals surface area contributed by atoms with E-state index < -0.39 is 5.97 Å². The highest BCUT2D eigenvalue weighted by Gasteiger charge is 2.20. The van der Waals surface area contributed by atoms with Crippen LogP contribution in [-0.2, 0) is 0 Å². The van der Waals surface area contributed by atoms with Gasteiger partial charge in [-0.25, -0.2) is 4.79 Å². The van der Waals surface area contributed by atoms with E-state index in [9.17, 15) is 4.79 Å². The van der Waals surface area contributed by atoms with Crippen LogP contribution in [0.4, 0.5) is 0 Å². The Morgan fingerprint density at radius 1 is 1.00 bits per heavy atom. The number of furan rings is 1. The topological polar surface area (TPSA) is 63.2 Å². The molecular weight excluding hydrogens is 314 g/mol. The van der Waals surface area contributed by atoms with Crippen LogP contribution in [0.5, 0.6) is 5.75 Å². The highest BCUT2D eigenvalue weighted by atomic mass is 16.5. The quantitative estimate of drug-likeness (QED) is 0.384. The van der Waals surface area contributed by atoms with Crippen LogP contribution >= 0.6 is 0 Å². The number of aryl methyl sites for hydroxylation is 1. The first-order valence-electron chi connectivity index (χ1n) is 7.80. The van der Waals surface area contributed by atoms with E-state index in [1.165, 1.54) is 0 Å². The summed E-state index contributed by atoms with van der Waals surface area (Å²) in [5.41, 5.74) is 1.94. The minimum atomic E-state index is -0.553. The summed E-state index contributed by atoms with van der Waals surface area (Å²) in [7, 11) is 0. The molecule has 0 saturated carbocycles. The van der Waals surface area contributed by atoms with E-state index >= 15 is 0 Å². The van der Waals surface area contributed by atoms with Crippen LogP contribution in [-0.4, -0.2) is 5.97 Å². The van der Waals surface area contributed by atoms with E-state index in [1.807, 2.05) is 49.4 Å². The largest absolute Gasteiger partial charge is 0.448 e. The number of carbonyl (C=O) groups is 1. The van der Waals surface area contributed by atoms with Gasteiger partial charge in [-0.2, -0.15) is 5.26 Å². The molecule has 1 aromatic heterocycles. The molecule has 4 rings (SSSR count). The number of hydrogen-bond donors (Lipinski definition) is 0. The lowest BCUT2D eigenvalue weighted by Crippen LogP contribution is -2.08. The molecule has 0 aliphatic rings. The summed E-state index contributed by atoms with van der Waals surface area (Å²) in [5, 5.41) is 11.7. The van der Waals surface area contributed by atoms with Crippen molar-refractivity contribution in [3.63, 3.8) is 0 Å². The summed E-state index contributed by atoms with van der Waals surface area (Å²) in [4.78, 5) is 12.5. The molecule has 0 bridgehead atoms. The van der Waals surface area contributed by atoms with Gasteiger partial charge in [-0.05, 0) is 36.6 Å². The van der Waals surface area contributed by atoms with Crippen LogP contribution in [0.2, 0.25) is 0 Å². The zero-order chi connectivity index (χ0) is 17.4. The second-order valence-corrected chi connectivity index (χ2v) is 5.75. The zero-order valence-electron chi connectivity index (χ0n) is 13.4. The van der Waals surface area contributed by atoms with Gasteiger partial charge < -0.3 is 9.15 Å². The fraction of sp³-hybridized carbons (Fsp3) is 0.0476. The molecule has 120 valence electrons. The normalized spacial score (nSPS) is 10.7. The van der Waals surface area contributed by atoms with Gasteiger partial charge in [0.1, 0.15) is 11.3 Å². The third kappa shape index (κ3) is 2.52. The minimum absolute atomic E-state index is 0.190. The molecule has 0 radical (unpaired) electrons. The van der Waals surface area contributed by atoms with Crippen molar-refractivity contribution in [2.45, 2.75) is 6.92 Å². The molecular formula is C21H13NO3. The lowest BCUT2D eigenvalue weighted by molar-refractivity contribution is 0.0703. The predicted octanol–water partition coefficient (Wildman–Crippen LogP) is 4.99. The Morgan fingerprint density at radius 2 is 1.76 bits per heavy atom. The number of fused-ring (bicyclic) bond motifs is 3. The maximum Gasteiger partial charge on any atom is 0.379 e. The molecule has 0 atom stereocenters. The van der Waals surface area contributed by atoms with E-state index in [-0.39, 0.29) is 5.76 Å². The number of nitriles is 1. The molecule has 1 heterocycles. The third-order valence-electron chi connectivity index (χ3n) is 4.21. The highest BCUT2D eigenvalue weighted by Crippen LogP contribution is 2.32. The van der Waals surface area contributed by atoms with Crippen LogP contribution < -0.4 is 4.74 Å². The van der Waals surface area contributed by atoms with Gasteiger partial charge in [0.25, 0.3) is 0 Å². The lowest BCUT2D eigenvalue weighted by Gasteiger charge is -2.02. The summed E-state index contributed by atoms with van der Waals surface area (Å²) < 4.78 is 11.2. The smallest absolute Gasteiger partial charge is 0.379 e. The van der Waals surface area contributed by atoms with Crippen LogP contribution in [0.15, 0.2) is 65.1 Å². The summed E-state index contributed by atoms with van der Waals surface area (Å²) >= 11 is 0. The van der Waals surface area contributed by atoms with Crippen molar-refractivity contribution in [3.8, 4) is 11.8 Å². The molecule has 0 amide bonds. The molecule has 0 fully saturated rings. The van der Waals surface area contributed by atoms with E-state index in [4.69, 9.17) is 14.4 Å². The van der Waals surface area contributed by atoms with E-state index in [0.29, 0.717) is 16.9 Å². The Kier molecular flexibility index (Phi) is 3.48. The maximum absolute atomic E-state index is 12.5. The van der Waals surface area contributed by atoms with Crippen molar-refractivity contribution < 1.29 is 13.9 Å². The van der Waals surface area contributed by atoms with Crippen molar-refractivity contribution in [1.82, 2.24) is 0 Å². The SMILES string of the molecule is Cc1c(C(=O)Oc2ccc(C#N)cc2)oc2c1ccc1ccccc12. The molecule has 0 spiro atoms. The Bertz CT molecular complexity index is 1150. The van der Waals surface area contributed by atoms with Gasteiger partial charge in [-0.15, -0.1) is 0 Å². The Balaban J connectivity index is 1.75. The van der Waals surface area contributed by atoms with Crippen molar-refractivity contribution in [3.05, 3.63) is 77.6 Å². The first kappa shape index (κ1) is 15.0. The van der Waals surface area contributed by atoms with Gasteiger partial charge in [-0.3, -0.25) is 0 Å². The van der Waals surface area contributed by atoms with Crippen LogP contribution in [0.25, 0.3) is 21.7 Å². The molecule has 0 saturated heterocycles. The van der Waals surface area contributed by atoms with Crippen molar-refractivity contribution in [2.24, 2.45) is 0 Å². The number of esters is 1. The first-order valence-corrected chi connectivity index (χ1v) is 7.80. The van der Waals surface area contributed by atoms with Crippen molar-refractivity contribution in [1.29, 1.82) is 5.26 Å². The lowest BCUT2D eigenvalue weighted by atomic mass is 10.1. The van der Waals surface area contributed by atoms with E-state index in [1.54, 1.807) is 24.3 Å². The van der Waals surface area contributed by atoms with Gasteiger partial charge >= 0.3 is 5.97 Å². The standard InChI is InChI=1S/C21H13NO3/c1-13-17-11-8-15-4-2-3-5-18(15)20(17)25-19(13)21(23)24-16-9-6-14(12-22)7-10-16/h2-11H,1H3. The molecule has 0 aliphatic heterocycles. The fourth-order valence-electron chi connectivity index (χ4n) is 2.89. The maximum atomic E-state index is 12.5. The average Bonchev–Trinajstić information content (AvgIpc) is 3.00. The van der Waals surface area contributed by atoms with Gasteiger partial charge in [0.05, 0.1) is 11.6 Å². The molecule has 4 aromatic rings. The summed E-state index contributed by atoms with van der Waals surface area (Å²) in [6.45, 7) is 1.84. The van der Waals surface area contributed by atoms with Gasteiger partial charge in [0.15, 0.2) is 0 Å². The number of ether oxygens (including phenoxy) is 1. The number of carbonyl (C=O) groups excluding carboxylic acids is 1. The van der Waals surface area contributed by atoms with E-state index in [2.05, 4.69) is 0 Å². The Morgan fingerprint density at radius 3 is 2.52 bits per heavy atom. The highest BCUT2D eigenvalue weighted by molar-refractivity contribution is 6.08. The van der Waals surface area contributed by atoms with Crippen LogP contribution in [0, 0.1) is 18.3 Å². The molecule has 4 heteroatoms. The number of rotatable bonds is 2. The van der Waals surface area contributed by atoms with Crippen molar-refractivity contribution in [2.75, 3.05) is 0 Å². The number of hydrogen-bond acceptors (Lipinski definition) is 4. The van der Waals surface area contributed by atoms with Gasteiger partial charge in [-0.1, -0.05) is 36.4 Å². The molecule has 3 aromatic carbocycles. The summed E-state index contributed by atoms with van der Waals surface area (Å²) in [5.74, 6) is 0.00640. The minimum Gasteiger partial charge on any atom is -0.448 e. The van der Waals surface area contributed by atoms with Gasteiger partial charge in [0.2, 0.25) is 5.76 Å². The second-order valence-electron chi connectivity index (χ2n) is 5.75. The Labute approximate surface area is 143 Å². The number of nitrogens with zero attached hydrogens (tertiary/aromatic N) is 1. The number of benzene rings is 3. The zero-order valence-corrected chi connectivity index (χ0v) is 13.4. The summed E-state index contributed by atoms with van der Waals surface area (Å²) in [6.07, 6.45) is 0. The van der Waals surface area contributed by atoms with Gasteiger partial charge in [0, 0.05) is 16.3 Å². The van der Waals surface area contributed by atoms with Crippen LogP contribution in [0.3, 0.4) is 0 Å². The summed E-state index contributed by atoms with van der Waals surface area (Å²) in [6, 6.07) is 20.2.